The molecule has 2 N–H and O–H groups in total. The largest absolute Gasteiger partial charge is 0.465 e. The van der Waals surface area contributed by atoms with Crippen LogP contribution < -0.4 is 5.32 Å². The molecule has 2 fully saturated rings. The molecule has 3 unspecified atom stereocenters. The zero-order valence-corrected chi connectivity index (χ0v) is 19.6. The van der Waals surface area contributed by atoms with Gasteiger partial charge in [-0.2, -0.15) is 0 Å². The number of likely N-dealkylation sites (N-methyl/N-ethyl adjacent to an activating group) is 1. The van der Waals surface area contributed by atoms with Crippen molar-refractivity contribution in [3.63, 3.8) is 0 Å². The maximum atomic E-state index is 11.8. The minimum Gasteiger partial charge on any atom is -0.465 e. The van der Waals surface area contributed by atoms with Crippen molar-refractivity contribution in [1.29, 1.82) is 0 Å². The van der Waals surface area contributed by atoms with Crippen molar-refractivity contribution < 1.29 is 14.7 Å². The van der Waals surface area contributed by atoms with Crippen LogP contribution >= 0.6 is 0 Å². The summed E-state index contributed by atoms with van der Waals surface area (Å²) in [4.78, 5) is 27.0. The number of carbonyl (C=O) groups is 2. The summed E-state index contributed by atoms with van der Waals surface area (Å²) in [6, 6.07) is 10.4. The van der Waals surface area contributed by atoms with Crippen molar-refractivity contribution in [3.8, 4) is 0 Å². The molecule has 0 radical (unpaired) electrons. The molecule has 1 saturated carbocycles. The van der Waals surface area contributed by atoms with Crippen LogP contribution in [0.25, 0.3) is 0 Å². The Hall–Kier alpha value is -1.92. The van der Waals surface area contributed by atoms with Crippen molar-refractivity contribution in [2.45, 2.75) is 65.2 Å². The Labute approximate surface area is 187 Å². The molecule has 0 bridgehead atoms. The summed E-state index contributed by atoms with van der Waals surface area (Å²) in [6.07, 6.45) is 2.09. The molecule has 6 heteroatoms. The van der Waals surface area contributed by atoms with E-state index in [-0.39, 0.29) is 17.4 Å². The van der Waals surface area contributed by atoms with Gasteiger partial charge in [-0.3, -0.25) is 4.90 Å². The number of hydrogen-bond acceptors (Lipinski definition) is 4. The quantitative estimate of drug-likeness (QED) is 0.616. The van der Waals surface area contributed by atoms with E-state index >= 15 is 0 Å². The van der Waals surface area contributed by atoms with Gasteiger partial charge in [0.25, 0.3) is 0 Å². The molecule has 0 aromatic heterocycles. The Morgan fingerprint density at radius 3 is 2.52 bits per heavy atom. The number of rotatable bonds is 8. The molecule has 0 spiro atoms. The molecule has 1 aromatic carbocycles. The van der Waals surface area contributed by atoms with E-state index in [0.717, 1.165) is 37.2 Å². The fourth-order valence-electron chi connectivity index (χ4n) is 5.85. The van der Waals surface area contributed by atoms with E-state index in [1.807, 2.05) is 6.92 Å². The van der Waals surface area contributed by atoms with Gasteiger partial charge >= 0.3 is 6.09 Å². The lowest BCUT2D eigenvalue weighted by molar-refractivity contribution is -0.113. The van der Waals surface area contributed by atoms with Crippen molar-refractivity contribution in [2.75, 3.05) is 20.1 Å². The first-order valence-electron chi connectivity index (χ1n) is 11.5. The average Bonchev–Trinajstić information content (AvgIpc) is 3.26. The maximum Gasteiger partial charge on any atom is 0.407 e. The highest BCUT2D eigenvalue weighted by Gasteiger charge is 2.45. The molecule has 1 saturated heterocycles. The summed E-state index contributed by atoms with van der Waals surface area (Å²) >= 11 is 0. The zero-order valence-electron chi connectivity index (χ0n) is 19.6. The summed E-state index contributed by atoms with van der Waals surface area (Å²) in [5, 5.41) is 13.3. The van der Waals surface area contributed by atoms with Crippen molar-refractivity contribution in [3.05, 3.63) is 35.9 Å². The Bertz CT molecular complexity index is 748. The number of nitrogens with one attached hydrogen (secondary N) is 1. The Morgan fingerprint density at radius 2 is 1.94 bits per heavy atom. The van der Waals surface area contributed by atoms with Crippen LogP contribution in [-0.4, -0.2) is 65.5 Å². The van der Waals surface area contributed by atoms with Crippen LogP contribution in [0.2, 0.25) is 0 Å². The third-order valence-corrected chi connectivity index (χ3v) is 7.46. The molecule has 1 aromatic rings. The molecule has 172 valence electrons. The second kappa shape index (κ2) is 9.70. The van der Waals surface area contributed by atoms with E-state index in [1.165, 1.54) is 19.0 Å². The van der Waals surface area contributed by atoms with Gasteiger partial charge in [0.2, 0.25) is 0 Å². The second-order valence-electron chi connectivity index (χ2n) is 10.7. The van der Waals surface area contributed by atoms with Crippen molar-refractivity contribution in [2.24, 2.45) is 23.2 Å². The van der Waals surface area contributed by atoms with E-state index in [1.54, 1.807) is 0 Å². The molecule has 1 aliphatic heterocycles. The molecule has 1 amide bonds. The molecular weight excluding hydrogens is 390 g/mol. The highest BCUT2D eigenvalue weighted by molar-refractivity contribution is 5.71. The third kappa shape index (κ3) is 5.47. The second-order valence-corrected chi connectivity index (χ2v) is 10.7. The van der Waals surface area contributed by atoms with E-state index in [4.69, 9.17) is 0 Å². The number of benzene rings is 1. The third-order valence-electron chi connectivity index (χ3n) is 7.46. The van der Waals surface area contributed by atoms with Gasteiger partial charge in [-0.1, -0.05) is 58.0 Å². The number of amides is 1. The lowest BCUT2D eigenvalue weighted by Crippen LogP contribution is -2.57. The van der Waals surface area contributed by atoms with Crippen LogP contribution in [0.4, 0.5) is 4.79 Å². The highest BCUT2D eigenvalue weighted by atomic mass is 16.4. The van der Waals surface area contributed by atoms with Crippen molar-refractivity contribution >= 4 is 12.4 Å². The summed E-state index contributed by atoms with van der Waals surface area (Å²) in [6.45, 7) is 11.8. The predicted octanol–water partition coefficient (Wildman–Crippen LogP) is 3.71. The molecule has 2 aliphatic rings. The summed E-state index contributed by atoms with van der Waals surface area (Å²) in [7, 11) is 1.49. The average molecular weight is 430 g/mol. The van der Waals surface area contributed by atoms with Gasteiger partial charge in [0.05, 0.1) is 6.04 Å². The first-order chi connectivity index (χ1) is 14.6. The molecule has 31 heavy (non-hydrogen) atoms. The number of likely N-dealkylation sites (tertiary alicyclic amines) is 1. The molecule has 6 nitrogen and oxygen atoms in total. The van der Waals surface area contributed by atoms with Gasteiger partial charge in [0, 0.05) is 38.8 Å². The Kier molecular flexibility index (Phi) is 7.43. The number of carbonyl (C=O) groups excluding carboxylic acids is 1. The minimum atomic E-state index is -1.06. The molecular formula is C25H39N3O3. The Morgan fingerprint density at radius 1 is 1.26 bits per heavy atom. The fraction of sp³-hybridized carbons (Fsp3) is 0.680. The van der Waals surface area contributed by atoms with Crippen LogP contribution in [0.1, 0.15) is 46.1 Å². The fourth-order valence-corrected chi connectivity index (χ4v) is 5.85. The van der Waals surface area contributed by atoms with Crippen LogP contribution in [-0.2, 0) is 11.3 Å². The molecule has 1 aliphatic carbocycles. The van der Waals surface area contributed by atoms with E-state index in [0.29, 0.717) is 17.9 Å². The van der Waals surface area contributed by atoms with Gasteiger partial charge < -0.3 is 20.1 Å². The number of hydrogen-bond donors (Lipinski definition) is 2. The molecule has 6 atom stereocenters. The standard InChI is InChI=1S/C25H39N3O3/c1-17(22(16-29)27(5)24(30)31)23(25(2,3)4)26-21-12-11-19-14-28(15-20(19)21)13-18-9-7-6-8-10-18/h6-10,16-17,19-23,26H,11-15H2,1-5H3,(H,30,31)/t17?,19-,20+,21+,22?,23?/m0/s1. The summed E-state index contributed by atoms with van der Waals surface area (Å²) < 4.78 is 0. The molecule has 3 rings (SSSR count). The van der Waals surface area contributed by atoms with Crippen molar-refractivity contribution in [1.82, 2.24) is 15.1 Å². The summed E-state index contributed by atoms with van der Waals surface area (Å²) in [5.41, 5.74) is 1.26. The van der Waals surface area contributed by atoms with Gasteiger partial charge in [-0.15, -0.1) is 0 Å². The lowest BCUT2D eigenvalue weighted by atomic mass is 9.76. The van der Waals surface area contributed by atoms with Gasteiger partial charge in [-0.05, 0) is 41.6 Å². The highest BCUT2D eigenvalue weighted by Crippen LogP contribution is 2.40. The molecule has 1 heterocycles. The first kappa shape index (κ1) is 23.7. The SMILES string of the molecule is CC(C(C=O)N(C)C(=O)O)C(N[C@@H]1CC[C@H]2CN(Cc3ccccc3)C[C@H]21)C(C)(C)C. The van der Waals surface area contributed by atoms with E-state index < -0.39 is 12.1 Å². The van der Waals surface area contributed by atoms with Crippen LogP contribution in [0, 0.1) is 23.2 Å². The topological polar surface area (TPSA) is 72.9 Å². The van der Waals surface area contributed by atoms with Crippen LogP contribution in [0.15, 0.2) is 30.3 Å². The van der Waals surface area contributed by atoms with Crippen LogP contribution in [0.5, 0.6) is 0 Å². The number of nitrogens with zero attached hydrogens (tertiary/aromatic N) is 2. The van der Waals surface area contributed by atoms with Gasteiger partial charge in [0.15, 0.2) is 0 Å². The number of carboxylic acid groups (broad SMARTS) is 1. The minimum absolute atomic E-state index is 0.0384. The Balaban J connectivity index is 1.69. The van der Waals surface area contributed by atoms with Gasteiger partial charge in [-0.25, -0.2) is 4.79 Å². The normalized spacial score (nSPS) is 26.8. The maximum absolute atomic E-state index is 11.8. The lowest BCUT2D eigenvalue weighted by Gasteiger charge is -2.42. The summed E-state index contributed by atoms with van der Waals surface area (Å²) in [5.74, 6) is 1.19. The zero-order chi connectivity index (χ0) is 22.8. The number of aldehydes is 1. The first-order valence-corrected chi connectivity index (χ1v) is 11.5. The number of fused-ring (bicyclic) bond motifs is 1. The predicted molar refractivity (Wildman–Crippen MR) is 123 cm³/mol. The van der Waals surface area contributed by atoms with E-state index in [2.05, 4.69) is 61.3 Å². The monoisotopic (exact) mass is 429 g/mol. The van der Waals surface area contributed by atoms with Crippen LogP contribution in [0.3, 0.4) is 0 Å². The van der Waals surface area contributed by atoms with Gasteiger partial charge in [0.1, 0.15) is 6.29 Å². The smallest absolute Gasteiger partial charge is 0.407 e. The van der Waals surface area contributed by atoms with E-state index in [9.17, 15) is 14.7 Å².